The number of aliphatic hydroxyl groups is 6. The molecule has 3 fully saturated rings. The van der Waals surface area contributed by atoms with Gasteiger partial charge in [-0.05, 0) is 0 Å². The van der Waals surface area contributed by atoms with Crippen LogP contribution in [-0.4, -0.2) is 162 Å². The van der Waals surface area contributed by atoms with Crippen molar-refractivity contribution in [2.45, 2.75) is 61.7 Å². The first-order chi connectivity index (χ1) is 16.7. The van der Waals surface area contributed by atoms with E-state index in [4.69, 9.17) is 14.6 Å². The van der Waals surface area contributed by atoms with Crippen LogP contribution in [-0.2, 0) is 36.8 Å². The number of ether oxygens (including phenoxy) is 2. The molecule has 3 amide bonds. The van der Waals surface area contributed by atoms with Crippen LogP contribution in [0.5, 0.6) is 0 Å². The molecule has 3 aliphatic heterocycles. The van der Waals surface area contributed by atoms with Gasteiger partial charge in [-0.3, -0.25) is 24.1 Å². The molecule has 0 aromatic rings. The van der Waals surface area contributed by atoms with Gasteiger partial charge >= 0.3 is 21.7 Å². The molecule has 0 aromatic carbocycles. The van der Waals surface area contributed by atoms with Crippen molar-refractivity contribution in [3.8, 4) is 0 Å². The monoisotopic (exact) mass is 591 g/mol. The number of carbonyl (C=O) groups excluding carboxylic acids is 2. The Balaban J connectivity index is 0.00000481. The second kappa shape index (κ2) is 13.0. The largest absolute Gasteiger partial charge is 0.483 e. The molecule has 19 nitrogen and oxygen atoms in total. The van der Waals surface area contributed by atoms with Gasteiger partial charge in [0.1, 0.15) is 42.7 Å². The average Bonchev–Trinajstić information content (AvgIpc) is 3.06. The maximum absolute atomic E-state index is 12.2. The van der Waals surface area contributed by atoms with E-state index in [9.17, 15) is 54.0 Å². The first-order valence-corrected chi connectivity index (χ1v) is 13.3. The van der Waals surface area contributed by atoms with E-state index in [-0.39, 0.29) is 42.5 Å². The Morgan fingerprint density at radius 3 is 2.14 bits per heavy atom. The van der Waals surface area contributed by atoms with Crippen molar-refractivity contribution in [2.24, 2.45) is 0 Å². The van der Waals surface area contributed by atoms with Gasteiger partial charge in [0.2, 0.25) is 5.91 Å². The molecule has 0 bridgehead atoms. The van der Waals surface area contributed by atoms with E-state index in [1.165, 1.54) is 0 Å². The van der Waals surface area contributed by atoms with Gasteiger partial charge in [-0.15, -0.1) is 0 Å². The predicted molar refractivity (Wildman–Crippen MR) is 113 cm³/mol. The van der Waals surface area contributed by atoms with Crippen molar-refractivity contribution in [1.29, 1.82) is 0 Å². The Morgan fingerprint density at radius 1 is 0.919 bits per heavy atom. The molecular formula is C15H26N2NaO17P2. The van der Waals surface area contributed by atoms with Gasteiger partial charge in [0.15, 0.2) is 12.5 Å². The number of imide groups is 1. The van der Waals surface area contributed by atoms with E-state index in [0.29, 0.717) is 0 Å². The molecule has 0 saturated carbocycles. The summed E-state index contributed by atoms with van der Waals surface area (Å²) in [5.41, 5.74) is 0. The van der Waals surface area contributed by atoms with E-state index < -0.39 is 96.0 Å². The molecule has 22 heteroatoms. The zero-order valence-corrected chi connectivity index (χ0v) is 22.9. The van der Waals surface area contributed by atoms with Crippen molar-refractivity contribution < 1.29 is 82.0 Å². The van der Waals surface area contributed by atoms with Crippen molar-refractivity contribution in [2.75, 3.05) is 19.8 Å². The van der Waals surface area contributed by atoms with Crippen LogP contribution in [0.2, 0.25) is 0 Å². The molecule has 11 atom stereocenters. The van der Waals surface area contributed by atoms with Crippen LogP contribution in [0, 0.1) is 0 Å². The van der Waals surface area contributed by atoms with Gasteiger partial charge in [-0.25, -0.2) is 13.9 Å². The molecular weight excluding hydrogens is 565 g/mol. The van der Waals surface area contributed by atoms with Crippen molar-refractivity contribution >= 4 is 57.1 Å². The Bertz CT molecular complexity index is 927. The fraction of sp³-hybridized carbons (Fsp3) is 0.867. The number of hydrogen-bond donors (Lipinski definition) is 9. The minimum Gasteiger partial charge on any atom is -0.394 e. The number of phosphoric ester groups is 2. The van der Waals surface area contributed by atoms with Gasteiger partial charge in [0.25, 0.3) is 0 Å². The van der Waals surface area contributed by atoms with Crippen LogP contribution in [0.15, 0.2) is 0 Å². The zero-order valence-electron chi connectivity index (χ0n) is 19.1. The molecule has 9 N–H and O–H groups in total. The number of carbonyl (C=O) groups is 2. The summed E-state index contributed by atoms with van der Waals surface area (Å²) < 4.78 is 47.5. The molecule has 0 aliphatic carbocycles. The van der Waals surface area contributed by atoms with Crippen LogP contribution >= 0.6 is 15.6 Å². The number of amides is 3. The van der Waals surface area contributed by atoms with Gasteiger partial charge in [0, 0.05) is 42.5 Å². The molecule has 3 aliphatic rings. The molecule has 3 rings (SSSR count). The summed E-state index contributed by atoms with van der Waals surface area (Å²) in [5, 5.41) is 60.6. The molecule has 209 valence electrons. The molecule has 0 spiro atoms. The molecule has 2 unspecified atom stereocenters. The third kappa shape index (κ3) is 7.97. The summed E-state index contributed by atoms with van der Waals surface area (Å²) in [5.74, 6) is -0.568. The number of urea groups is 1. The zero-order chi connectivity index (χ0) is 27.0. The van der Waals surface area contributed by atoms with E-state index in [2.05, 4.69) is 13.4 Å². The smallest absolute Gasteiger partial charge is 0.394 e. The maximum atomic E-state index is 12.2. The summed E-state index contributed by atoms with van der Waals surface area (Å²) in [6.07, 6.45) is -16.2. The van der Waals surface area contributed by atoms with Gasteiger partial charge in [-0.2, -0.15) is 4.31 Å². The summed E-state index contributed by atoms with van der Waals surface area (Å²) in [6.45, 7) is -2.05. The second-order valence-corrected chi connectivity index (χ2v) is 11.0. The molecule has 3 heterocycles. The van der Waals surface area contributed by atoms with E-state index in [0.717, 1.165) is 4.90 Å². The van der Waals surface area contributed by atoms with Crippen molar-refractivity contribution in [1.82, 2.24) is 10.2 Å². The third-order valence-electron chi connectivity index (χ3n) is 5.43. The number of phosphoric acid groups is 2. The minimum absolute atomic E-state index is 0. The number of nitrogens with one attached hydrogen (secondary N) is 1. The summed E-state index contributed by atoms with van der Waals surface area (Å²) in [4.78, 5) is 43.7. The molecule has 0 aromatic heterocycles. The van der Waals surface area contributed by atoms with Crippen LogP contribution in [0.4, 0.5) is 4.79 Å². The predicted octanol–water partition coefficient (Wildman–Crippen LogP) is -4.96. The Kier molecular flexibility index (Phi) is 11.7. The molecule has 1 radical (unpaired) electrons. The topological polar surface area (TPSA) is 292 Å². The fourth-order valence-electron chi connectivity index (χ4n) is 3.57. The molecule has 3 saturated heterocycles. The minimum atomic E-state index is -5.58. The van der Waals surface area contributed by atoms with E-state index in [1.807, 2.05) is 5.32 Å². The molecule has 37 heavy (non-hydrogen) atoms. The quantitative estimate of drug-likeness (QED) is 0.0896. The second-order valence-electron chi connectivity index (χ2n) is 7.96. The number of nitrogens with zero attached hydrogens (tertiary/aromatic N) is 1. The van der Waals surface area contributed by atoms with E-state index in [1.54, 1.807) is 0 Å². The number of aliphatic hydroxyl groups excluding tert-OH is 6. The normalized spacial score (nSPS) is 39.9. The van der Waals surface area contributed by atoms with Crippen molar-refractivity contribution in [3.05, 3.63) is 0 Å². The standard InChI is InChI=1S/C15H26N2O17P2.Na/c18-3-5-8(20)10(22)12(24)14(32-5)33-36(28,29)34-35(26,27)30-4-6-9(21)11(23)13(31-6)17-2-1-7(19)16-15(17)25;/h5-6,8-14,18,20-24H,1-4H2,(H,26,27)(H,28,29)(H,16,19,25);/t5-,6-,8-,9-,10+,11-,12-,13-,14+;/m1./s1. The third-order valence-corrected chi connectivity index (χ3v) is 8.03. The first kappa shape index (κ1) is 33.1. The van der Waals surface area contributed by atoms with Crippen LogP contribution in [0.3, 0.4) is 0 Å². The Labute approximate surface area is 230 Å². The van der Waals surface area contributed by atoms with Crippen molar-refractivity contribution in [3.63, 3.8) is 0 Å². The van der Waals surface area contributed by atoms with Crippen LogP contribution < -0.4 is 5.32 Å². The average molecular weight is 591 g/mol. The number of hydrogen-bond acceptors (Lipinski definition) is 15. The summed E-state index contributed by atoms with van der Waals surface area (Å²) in [6, 6.07) is -0.910. The number of rotatable bonds is 9. The Hall–Kier alpha value is -0.120. The Morgan fingerprint density at radius 2 is 1.54 bits per heavy atom. The first-order valence-electron chi connectivity index (χ1n) is 10.3. The summed E-state index contributed by atoms with van der Waals surface area (Å²) in [7, 11) is -11.1. The SMILES string of the molecule is O=C1CCN([C@@H]2O[C@H](COP(=O)(O)OP(=O)(O)O[C@@H]3O[C@H](CO)[C@@H](O)[C@H](O)[C@H]3O)[C@@H](O)[C@H]2O)C(=O)N1.[Na]. The summed E-state index contributed by atoms with van der Waals surface area (Å²) >= 11 is 0. The van der Waals surface area contributed by atoms with Gasteiger partial charge < -0.3 is 49.9 Å². The van der Waals surface area contributed by atoms with Gasteiger partial charge in [-0.1, -0.05) is 0 Å². The van der Waals surface area contributed by atoms with Crippen LogP contribution in [0.1, 0.15) is 6.42 Å². The fourth-order valence-corrected chi connectivity index (χ4v) is 5.73. The van der Waals surface area contributed by atoms with Gasteiger partial charge in [0.05, 0.1) is 13.2 Å². The van der Waals surface area contributed by atoms with Crippen LogP contribution in [0.25, 0.3) is 0 Å². The maximum Gasteiger partial charge on any atom is 0.483 e. The van der Waals surface area contributed by atoms with E-state index >= 15 is 0 Å².